The van der Waals surface area contributed by atoms with Crippen molar-refractivity contribution >= 4 is 17.7 Å². The minimum absolute atomic E-state index is 0.0264. The highest BCUT2D eigenvalue weighted by atomic mass is 32.2. The van der Waals surface area contributed by atoms with Crippen LogP contribution in [0.3, 0.4) is 0 Å². The van der Waals surface area contributed by atoms with Gasteiger partial charge in [0.25, 0.3) is 12.3 Å². The molecule has 1 amide bonds. The molecule has 6 nitrogen and oxygen atoms in total. The average Bonchev–Trinajstić information content (AvgIpc) is 2.64. The summed E-state index contributed by atoms with van der Waals surface area (Å²) in [6.45, 7) is -0.264. The van der Waals surface area contributed by atoms with E-state index in [0.717, 1.165) is 37.1 Å². The van der Waals surface area contributed by atoms with Crippen molar-refractivity contribution in [3.8, 4) is 11.8 Å². The molecule has 1 unspecified atom stereocenters. The summed E-state index contributed by atoms with van der Waals surface area (Å²) in [6, 6.07) is 1.10. The summed E-state index contributed by atoms with van der Waals surface area (Å²) in [7, 11) is 0. The Hall–Kier alpha value is -1.71. The van der Waals surface area contributed by atoms with Crippen molar-refractivity contribution in [2.45, 2.75) is 62.0 Å². The van der Waals surface area contributed by atoms with Gasteiger partial charge in [0.1, 0.15) is 0 Å². The molecule has 0 spiro atoms. The molecule has 0 aliphatic heterocycles. The SMILES string of the molecule is CSc1nc(OCC(=O)NC23CC4CC(CC(C4)C2)C3)cc(OC(F)C(F)F)n1. The van der Waals surface area contributed by atoms with Crippen LogP contribution < -0.4 is 14.8 Å². The van der Waals surface area contributed by atoms with E-state index >= 15 is 0 Å². The Kier molecular flexibility index (Phi) is 5.81. The third-order valence-corrected chi connectivity index (χ3v) is 6.61. The smallest absolute Gasteiger partial charge is 0.304 e. The second-order valence-corrected chi connectivity index (χ2v) is 9.14. The summed E-state index contributed by atoms with van der Waals surface area (Å²) >= 11 is 1.12. The van der Waals surface area contributed by atoms with Crippen LogP contribution in [0.4, 0.5) is 13.2 Å². The van der Waals surface area contributed by atoms with Gasteiger partial charge in [-0.25, -0.2) is 8.78 Å². The zero-order chi connectivity index (χ0) is 20.6. The molecule has 5 rings (SSSR count). The zero-order valence-corrected chi connectivity index (χ0v) is 16.9. The Balaban J connectivity index is 1.36. The number of halogens is 3. The van der Waals surface area contributed by atoms with Crippen molar-refractivity contribution in [1.82, 2.24) is 15.3 Å². The van der Waals surface area contributed by atoms with E-state index in [1.54, 1.807) is 6.26 Å². The van der Waals surface area contributed by atoms with E-state index in [1.807, 2.05) is 0 Å². The Labute approximate surface area is 171 Å². The number of ether oxygens (including phenoxy) is 2. The highest BCUT2D eigenvalue weighted by Crippen LogP contribution is 2.55. The first-order valence-corrected chi connectivity index (χ1v) is 11.0. The molecule has 4 bridgehead atoms. The molecule has 1 heterocycles. The van der Waals surface area contributed by atoms with Crippen molar-refractivity contribution in [3.05, 3.63) is 6.07 Å². The lowest BCUT2D eigenvalue weighted by Crippen LogP contribution is -2.60. The van der Waals surface area contributed by atoms with E-state index in [1.165, 1.54) is 19.3 Å². The van der Waals surface area contributed by atoms with Crippen LogP contribution in [0.25, 0.3) is 0 Å². The van der Waals surface area contributed by atoms with Crippen molar-refractivity contribution in [2.75, 3.05) is 12.9 Å². The first-order valence-electron chi connectivity index (χ1n) is 9.80. The quantitative estimate of drug-likeness (QED) is 0.501. The van der Waals surface area contributed by atoms with Gasteiger partial charge in [-0.1, -0.05) is 11.8 Å². The van der Waals surface area contributed by atoms with Gasteiger partial charge in [0.2, 0.25) is 11.8 Å². The Bertz CT molecular complexity index is 732. The summed E-state index contributed by atoms with van der Waals surface area (Å²) < 4.78 is 47.8. The zero-order valence-electron chi connectivity index (χ0n) is 16.1. The van der Waals surface area contributed by atoms with Gasteiger partial charge in [0, 0.05) is 5.54 Å². The van der Waals surface area contributed by atoms with Gasteiger partial charge in [-0.3, -0.25) is 4.79 Å². The molecule has 0 aromatic carbocycles. The molecule has 1 N–H and O–H groups in total. The summed E-state index contributed by atoms with van der Waals surface area (Å²) in [4.78, 5) is 20.4. The maximum absolute atomic E-state index is 13.2. The third kappa shape index (κ3) is 4.73. The first kappa shape index (κ1) is 20.6. The van der Waals surface area contributed by atoms with Crippen molar-refractivity contribution in [2.24, 2.45) is 17.8 Å². The van der Waals surface area contributed by atoms with E-state index < -0.39 is 12.8 Å². The second kappa shape index (κ2) is 8.20. The number of thioether (sulfide) groups is 1. The summed E-state index contributed by atoms with van der Waals surface area (Å²) in [5.41, 5.74) is -0.127. The lowest BCUT2D eigenvalue weighted by Gasteiger charge is -2.56. The van der Waals surface area contributed by atoms with Gasteiger partial charge in [-0.2, -0.15) is 14.4 Å². The van der Waals surface area contributed by atoms with E-state index in [9.17, 15) is 18.0 Å². The van der Waals surface area contributed by atoms with E-state index in [2.05, 4.69) is 20.0 Å². The van der Waals surface area contributed by atoms with Crippen LogP contribution in [0, 0.1) is 17.8 Å². The van der Waals surface area contributed by atoms with Crippen molar-refractivity contribution in [3.63, 3.8) is 0 Å². The standard InChI is InChI=1S/C19H24F3N3O3S/c1-29-18-23-14(5-15(24-18)28-17(22)16(20)21)27-9-13(26)25-19-6-10-2-11(7-19)4-12(3-10)8-19/h5,10-12,16-17H,2-4,6-9H2,1H3,(H,25,26). The number of hydrogen-bond donors (Lipinski definition) is 1. The number of carbonyl (C=O) groups is 1. The predicted molar refractivity (Wildman–Crippen MR) is 99.9 cm³/mol. The Morgan fingerprint density at radius 2 is 1.76 bits per heavy atom. The largest absolute Gasteiger partial charge is 0.467 e. The van der Waals surface area contributed by atoms with Gasteiger partial charge in [0.05, 0.1) is 6.07 Å². The molecule has 1 atom stereocenters. The van der Waals surface area contributed by atoms with Gasteiger partial charge in [-0.15, -0.1) is 0 Å². The highest BCUT2D eigenvalue weighted by Gasteiger charge is 2.51. The lowest BCUT2D eigenvalue weighted by molar-refractivity contribution is -0.129. The summed E-state index contributed by atoms with van der Waals surface area (Å²) in [5.74, 6) is 1.48. The van der Waals surface area contributed by atoms with E-state index in [-0.39, 0.29) is 35.0 Å². The van der Waals surface area contributed by atoms with Crippen molar-refractivity contribution < 1.29 is 27.4 Å². The fourth-order valence-electron chi connectivity index (χ4n) is 5.51. The van der Waals surface area contributed by atoms with Crippen molar-refractivity contribution in [1.29, 1.82) is 0 Å². The molecule has 160 valence electrons. The number of carbonyl (C=O) groups excluding carboxylic acids is 1. The molecular formula is C19H24F3N3O3S. The maximum atomic E-state index is 13.2. The van der Waals surface area contributed by atoms with Crippen LogP contribution in [-0.4, -0.2) is 47.1 Å². The van der Waals surface area contributed by atoms with Gasteiger partial charge < -0.3 is 14.8 Å². The Morgan fingerprint density at radius 3 is 2.31 bits per heavy atom. The predicted octanol–water partition coefficient (Wildman–Crippen LogP) is 3.60. The summed E-state index contributed by atoms with van der Waals surface area (Å²) in [6.07, 6.45) is 2.49. The number of amides is 1. The average molecular weight is 431 g/mol. The number of aromatic nitrogens is 2. The van der Waals surface area contributed by atoms with Gasteiger partial charge >= 0.3 is 6.43 Å². The molecule has 1 aromatic rings. The molecular weight excluding hydrogens is 407 g/mol. The summed E-state index contributed by atoms with van der Waals surface area (Å²) in [5, 5.41) is 3.35. The van der Waals surface area contributed by atoms with Gasteiger partial charge in [0.15, 0.2) is 11.8 Å². The van der Waals surface area contributed by atoms with Crippen LogP contribution >= 0.6 is 11.8 Å². The third-order valence-electron chi connectivity index (χ3n) is 6.07. The number of rotatable bonds is 8. The molecule has 10 heteroatoms. The molecule has 4 aliphatic rings. The highest BCUT2D eigenvalue weighted by molar-refractivity contribution is 7.98. The molecule has 1 aromatic heterocycles. The number of alkyl halides is 3. The fraction of sp³-hybridized carbons (Fsp3) is 0.737. The minimum Gasteiger partial charge on any atom is -0.467 e. The lowest BCUT2D eigenvalue weighted by atomic mass is 9.53. The molecule has 4 saturated carbocycles. The first-order chi connectivity index (χ1) is 13.8. The van der Waals surface area contributed by atoms with E-state index in [4.69, 9.17) is 4.74 Å². The number of nitrogens with zero attached hydrogens (tertiary/aromatic N) is 2. The second-order valence-electron chi connectivity index (χ2n) is 8.37. The van der Waals surface area contributed by atoms with Crippen LogP contribution in [-0.2, 0) is 4.79 Å². The van der Waals surface area contributed by atoms with E-state index in [0.29, 0.717) is 17.8 Å². The molecule has 0 radical (unpaired) electrons. The van der Waals surface area contributed by atoms with Crippen LogP contribution in [0.1, 0.15) is 38.5 Å². The van der Waals surface area contributed by atoms with Crippen LogP contribution in [0.5, 0.6) is 11.8 Å². The topological polar surface area (TPSA) is 73.3 Å². The van der Waals surface area contributed by atoms with Crippen LogP contribution in [0.2, 0.25) is 0 Å². The number of nitrogens with one attached hydrogen (secondary N) is 1. The maximum Gasteiger partial charge on any atom is 0.304 e. The monoisotopic (exact) mass is 431 g/mol. The minimum atomic E-state index is -3.29. The fourth-order valence-corrected chi connectivity index (χ4v) is 5.87. The molecule has 0 saturated heterocycles. The normalized spacial score (nSPS) is 31.0. The van der Waals surface area contributed by atoms with Gasteiger partial charge in [-0.05, 0) is 62.5 Å². The van der Waals surface area contributed by atoms with Crippen LogP contribution in [0.15, 0.2) is 11.2 Å². The Morgan fingerprint density at radius 1 is 1.17 bits per heavy atom. The molecule has 4 aliphatic carbocycles. The molecule has 4 fully saturated rings. The molecule has 29 heavy (non-hydrogen) atoms. The number of hydrogen-bond acceptors (Lipinski definition) is 6.